The van der Waals surface area contributed by atoms with Gasteiger partial charge in [0.25, 0.3) is 0 Å². The topological polar surface area (TPSA) is 34.1 Å². The van der Waals surface area contributed by atoms with E-state index in [0.717, 1.165) is 0 Å². The van der Waals surface area contributed by atoms with E-state index in [2.05, 4.69) is 15.9 Å². The average Bonchev–Trinajstić information content (AvgIpc) is 1.50. The fourth-order valence-electron chi connectivity index (χ4n) is 0. The molecule has 6 heteroatoms. The minimum atomic E-state index is 0. The van der Waals surface area contributed by atoms with Gasteiger partial charge in [0.1, 0.15) is 0 Å². The van der Waals surface area contributed by atoms with Crippen molar-refractivity contribution in [3.8, 4) is 0 Å². The molecule has 0 saturated carbocycles. The number of rotatable bonds is 0. The van der Waals surface area contributed by atoms with E-state index >= 15 is 0 Å². The molecule has 0 spiro atoms. The first-order valence-corrected chi connectivity index (χ1v) is 2.11. The van der Waals surface area contributed by atoms with Crippen molar-refractivity contribution in [1.82, 2.24) is 0 Å². The maximum atomic E-state index is 8.36. The van der Waals surface area contributed by atoms with Crippen molar-refractivity contribution in [2.75, 3.05) is 0 Å². The normalized spacial score (nSPS) is 1.67. The summed E-state index contributed by atoms with van der Waals surface area (Å²) in [7, 11) is 0. The molecule has 0 N–H and O–H groups in total. The summed E-state index contributed by atoms with van der Waals surface area (Å²) in [6.45, 7) is 0. The fraction of sp³-hybridized carbons (Fsp3) is 0. The Morgan fingerprint density at radius 3 is 1.17 bits per heavy atom. The van der Waals surface area contributed by atoms with Crippen LogP contribution in [0.1, 0.15) is 0 Å². The largest absolute Gasteiger partial charge is 0 e. The summed E-state index contributed by atoms with van der Waals surface area (Å²) >= 11 is 3.13. The maximum Gasteiger partial charge on any atom is 0 e. The molecule has 0 aliphatic heterocycles. The van der Waals surface area contributed by atoms with Crippen molar-refractivity contribution in [2.24, 2.45) is 0 Å². The van der Waals surface area contributed by atoms with Crippen LogP contribution in [0.4, 0.5) is 0 Å². The zero-order valence-electron chi connectivity index (χ0n) is 2.98. The van der Waals surface area contributed by atoms with Gasteiger partial charge in [0.2, 0.25) is 0 Å². The van der Waals surface area contributed by atoms with Crippen molar-refractivity contribution < 1.29 is 22.6 Å². The zero-order chi connectivity index (χ0) is 4.00. The molecule has 0 heterocycles. The first-order valence-electron chi connectivity index (χ1n) is 0.306. The van der Waals surface area contributed by atoms with E-state index in [9.17, 15) is 0 Å². The SMILES string of the molecule is [Ca].[O]=[Bi].[O]=[Cu].[Sr]. The van der Waals surface area contributed by atoms with E-state index in [1.165, 1.54) is 0 Å². The molecule has 0 aliphatic carbocycles. The third-order valence-electron chi connectivity index (χ3n) is 0. The van der Waals surface area contributed by atoms with Gasteiger partial charge in [-0.2, -0.15) is 0 Å². The molecule has 0 fully saturated rings. The molecule has 0 saturated heterocycles. The first kappa shape index (κ1) is 22.6. The van der Waals surface area contributed by atoms with Crippen LogP contribution in [-0.2, 0) is 22.6 Å². The minimum absolute atomic E-state index is 0. The second-order valence-electron chi connectivity index (χ2n) is 0. The molecule has 0 aromatic rings. The van der Waals surface area contributed by atoms with Gasteiger partial charge < -0.3 is 0 Å². The van der Waals surface area contributed by atoms with Crippen LogP contribution in [0.5, 0.6) is 0 Å². The van der Waals surface area contributed by atoms with Crippen LogP contribution >= 0.6 is 0 Å². The molecule has 0 aromatic carbocycles. The van der Waals surface area contributed by atoms with Gasteiger partial charge in [-0.3, -0.25) is 0 Å². The molecule has 32 valence electrons. The van der Waals surface area contributed by atoms with Crippen LogP contribution in [-0.4, -0.2) is 108 Å². The summed E-state index contributed by atoms with van der Waals surface area (Å²) in [6, 6.07) is 0. The summed E-state index contributed by atoms with van der Waals surface area (Å²) in [6.07, 6.45) is 0. The van der Waals surface area contributed by atoms with E-state index in [-0.39, 0.29) is 108 Å². The van der Waals surface area contributed by atoms with Crippen LogP contribution in [0.2, 0.25) is 0 Å². The molecule has 0 aromatic heterocycles. The quantitative estimate of drug-likeness (QED) is 0.443. The molecule has 2 nitrogen and oxygen atoms in total. The Morgan fingerprint density at radius 2 is 1.17 bits per heavy atom. The van der Waals surface area contributed by atoms with Crippen molar-refractivity contribution in [2.45, 2.75) is 0 Å². The molecule has 5 radical (unpaired) electrons. The van der Waals surface area contributed by atoms with Gasteiger partial charge in [-0.15, -0.1) is 0 Å². The van der Waals surface area contributed by atoms with Gasteiger partial charge in [-0.05, 0) is 0 Å². The number of hydrogen-bond donors (Lipinski definition) is 0. The van der Waals surface area contributed by atoms with Gasteiger partial charge >= 0.3 is 47.3 Å². The Balaban J connectivity index is -0.00000000500. The molecule has 0 rings (SSSR count). The number of hydrogen-bond acceptors (Lipinski definition) is 2. The maximum absolute atomic E-state index is 8.36. The Kier molecular flexibility index (Phi) is 141. The third kappa shape index (κ3) is 25.1. The summed E-state index contributed by atoms with van der Waals surface area (Å²) in [4.78, 5) is 0. The molecule has 0 bridgehead atoms. The summed E-state index contributed by atoms with van der Waals surface area (Å²) in [5.41, 5.74) is 0. The van der Waals surface area contributed by atoms with E-state index in [1.54, 1.807) is 0 Å². The predicted octanol–water partition coefficient (Wildman–Crippen LogP) is -1.38. The molecule has 0 aliphatic rings. The summed E-state index contributed by atoms with van der Waals surface area (Å²) < 4.78 is 16.2. The fourth-order valence-corrected chi connectivity index (χ4v) is 0. The van der Waals surface area contributed by atoms with Gasteiger partial charge in [0.15, 0.2) is 0 Å². The van der Waals surface area contributed by atoms with Crippen LogP contribution in [0, 0.1) is 0 Å². The predicted molar refractivity (Wildman–Crippen MR) is 18.6 cm³/mol. The summed E-state index contributed by atoms with van der Waals surface area (Å²) in [5, 5.41) is 0. The molecule has 0 atom stereocenters. The van der Waals surface area contributed by atoms with Gasteiger partial charge in [-0.1, -0.05) is 0 Å². The zero-order valence-corrected chi connectivity index (χ0v) is 13.1. The first-order chi connectivity index (χ1) is 2.00. The van der Waals surface area contributed by atoms with Crippen molar-refractivity contribution in [3.63, 3.8) is 0 Å². The van der Waals surface area contributed by atoms with Gasteiger partial charge in [0.05, 0.1) is 0 Å². The Labute approximate surface area is 127 Å². The van der Waals surface area contributed by atoms with E-state index in [1.807, 2.05) is 0 Å². The second kappa shape index (κ2) is 37.4. The average molecular weight is 432 g/mol. The molecular formula is BiCaCuO2Sr. The minimum Gasteiger partial charge on any atom is 0 e. The van der Waals surface area contributed by atoms with Crippen molar-refractivity contribution in [3.05, 3.63) is 0 Å². The van der Waals surface area contributed by atoms with Crippen molar-refractivity contribution in [1.29, 1.82) is 0 Å². The Morgan fingerprint density at radius 1 is 1.17 bits per heavy atom. The van der Waals surface area contributed by atoms with Gasteiger partial charge in [0, 0.05) is 83.2 Å². The van der Waals surface area contributed by atoms with E-state index in [0.29, 0.717) is 0 Å². The van der Waals surface area contributed by atoms with E-state index < -0.39 is 0 Å². The van der Waals surface area contributed by atoms with Crippen LogP contribution in [0.3, 0.4) is 0 Å². The molecule has 0 unspecified atom stereocenters. The summed E-state index contributed by atoms with van der Waals surface area (Å²) in [5.74, 6) is 0. The van der Waals surface area contributed by atoms with Crippen LogP contribution < -0.4 is 0 Å². The van der Waals surface area contributed by atoms with Crippen LogP contribution in [0.25, 0.3) is 0 Å². The monoisotopic (exact) mass is 432 g/mol. The van der Waals surface area contributed by atoms with Crippen molar-refractivity contribution >= 4 is 108 Å². The smallest absolute Gasteiger partial charge is 0 e. The molecule has 0 amide bonds. The van der Waals surface area contributed by atoms with Gasteiger partial charge in [-0.25, -0.2) is 0 Å². The molecule has 6 heavy (non-hydrogen) atoms. The Bertz CT molecular complexity index is 15.5. The Hall–Kier alpha value is 3.74. The molecular weight excluding hydrogens is 432 g/mol. The second-order valence-corrected chi connectivity index (χ2v) is 0. The van der Waals surface area contributed by atoms with Crippen LogP contribution in [0.15, 0.2) is 0 Å². The van der Waals surface area contributed by atoms with E-state index in [4.69, 9.17) is 6.65 Å². The standard InChI is InChI=1S/Bi.Ca.Cu.2O.Sr. The third-order valence-corrected chi connectivity index (χ3v) is 0.